The van der Waals surface area contributed by atoms with Crippen LogP contribution >= 0.6 is 0 Å². The lowest BCUT2D eigenvalue weighted by atomic mass is 9.97. The highest BCUT2D eigenvalue weighted by Crippen LogP contribution is 2.15. The van der Waals surface area contributed by atoms with E-state index in [0.29, 0.717) is 12.2 Å². The van der Waals surface area contributed by atoms with Gasteiger partial charge in [-0.3, -0.25) is 4.79 Å². The molecule has 1 aromatic carbocycles. The first kappa shape index (κ1) is 12.4. The number of carbonyl (C=O) groups excluding carboxylic acids is 1. The molecular weight excluding hydrogens is 202 g/mol. The SMILES string of the molecule is COCc1ccccc1C(=O)CC(C)C#N. The van der Waals surface area contributed by atoms with Crippen LogP contribution in [0, 0.1) is 17.2 Å². The van der Waals surface area contributed by atoms with Crippen molar-refractivity contribution >= 4 is 5.78 Å². The zero-order valence-electron chi connectivity index (χ0n) is 9.56. The van der Waals surface area contributed by atoms with Crippen molar-refractivity contribution in [3.05, 3.63) is 35.4 Å². The monoisotopic (exact) mass is 217 g/mol. The lowest BCUT2D eigenvalue weighted by Gasteiger charge is -2.08. The molecule has 0 aliphatic carbocycles. The van der Waals surface area contributed by atoms with Crippen LogP contribution in [0.1, 0.15) is 29.3 Å². The van der Waals surface area contributed by atoms with Gasteiger partial charge in [0.1, 0.15) is 0 Å². The zero-order chi connectivity index (χ0) is 12.0. The smallest absolute Gasteiger partial charge is 0.164 e. The van der Waals surface area contributed by atoms with Crippen LogP contribution in [0.15, 0.2) is 24.3 Å². The first-order valence-electron chi connectivity index (χ1n) is 5.18. The van der Waals surface area contributed by atoms with Crippen LogP contribution in [0.3, 0.4) is 0 Å². The molecule has 3 nitrogen and oxygen atoms in total. The number of rotatable bonds is 5. The van der Waals surface area contributed by atoms with Gasteiger partial charge in [-0.2, -0.15) is 5.26 Å². The molecule has 1 aromatic rings. The summed E-state index contributed by atoms with van der Waals surface area (Å²) < 4.78 is 5.03. The largest absolute Gasteiger partial charge is 0.380 e. The molecule has 1 atom stereocenters. The molecule has 0 N–H and O–H groups in total. The van der Waals surface area contributed by atoms with Crippen molar-refractivity contribution in [3.8, 4) is 6.07 Å². The molecule has 0 saturated carbocycles. The number of hydrogen-bond donors (Lipinski definition) is 0. The number of nitrogens with zero attached hydrogens (tertiary/aromatic N) is 1. The molecule has 0 spiro atoms. The Labute approximate surface area is 95.7 Å². The van der Waals surface area contributed by atoms with Gasteiger partial charge in [-0.05, 0) is 12.5 Å². The summed E-state index contributed by atoms with van der Waals surface area (Å²) in [6.07, 6.45) is 0.261. The van der Waals surface area contributed by atoms with Gasteiger partial charge in [0.05, 0.1) is 18.6 Å². The summed E-state index contributed by atoms with van der Waals surface area (Å²) in [6.45, 7) is 2.17. The molecule has 0 bridgehead atoms. The summed E-state index contributed by atoms with van der Waals surface area (Å²) >= 11 is 0. The van der Waals surface area contributed by atoms with Gasteiger partial charge in [0, 0.05) is 19.1 Å². The second-order valence-electron chi connectivity index (χ2n) is 3.75. The maximum absolute atomic E-state index is 11.9. The molecule has 0 aliphatic rings. The average molecular weight is 217 g/mol. The fourth-order valence-electron chi connectivity index (χ4n) is 1.51. The van der Waals surface area contributed by atoms with Crippen molar-refractivity contribution in [2.24, 2.45) is 5.92 Å². The molecular formula is C13H15NO2. The lowest BCUT2D eigenvalue weighted by Crippen LogP contribution is -2.08. The minimum absolute atomic E-state index is 0.00157. The summed E-state index contributed by atoms with van der Waals surface area (Å²) in [4.78, 5) is 11.9. The summed E-state index contributed by atoms with van der Waals surface area (Å²) in [6, 6.07) is 9.41. The normalized spacial score (nSPS) is 11.8. The molecule has 3 heteroatoms. The topological polar surface area (TPSA) is 50.1 Å². The number of ether oxygens (including phenoxy) is 1. The van der Waals surface area contributed by atoms with Gasteiger partial charge in [-0.25, -0.2) is 0 Å². The van der Waals surface area contributed by atoms with Crippen LogP contribution in [-0.2, 0) is 11.3 Å². The van der Waals surface area contributed by atoms with Crippen LogP contribution in [0.2, 0.25) is 0 Å². The van der Waals surface area contributed by atoms with Crippen molar-refractivity contribution in [2.75, 3.05) is 7.11 Å². The van der Waals surface area contributed by atoms with E-state index in [1.807, 2.05) is 18.2 Å². The van der Waals surface area contributed by atoms with Gasteiger partial charge < -0.3 is 4.74 Å². The predicted molar refractivity (Wildman–Crippen MR) is 60.9 cm³/mol. The van der Waals surface area contributed by atoms with Gasteiger partial charge in [0.25, 0.3) is 0 Å². The van der Waals surface area contributed by atoms with Crippen molar-refractivity contribution in [2.45, 2.75) is 20.0 Å². The predicted octanol–water partition coefficient (Wildman–Crippen LogP) is 2.57. The van der Waals surface area contributed by atoms with E-state index in [0.717, 1.165) is 5.56 Å². The lowest BCUT2D eigenvalue weighted by molar-refractivity contribution is 0.0968. The highest BCUT2D eigenvalue weighted by molar-refractivity contribution is 5.97. The van der Waals surface area contributed by atoms with E-state index in [9.17, 15) is 4.79 Å². The molecule has 1 unspecified atom stereocenters. The minimum Gasteiger partial charge on any atom is -0.380 e. The second-order valence-corrected chi connectivity index (χ2v) is 3.75. The fourth-order valence-corrected chi connectivity index (χ4v) is 1.51. The van der Waals surface area contributed by atoms with Gasteiger partial charge in [0.15, 0.2) is 5.78 Å². The summed E-state index contributed by atoms with van der Waals surface area (Å²) in [7, 11) is 1.60. The van der Waals surface area contributed by atoms with Gasteiger partial charge >= 0.3 is 0 Å². The Balaban J connectivity index is 2.86. The van der Waals surface area contributed by atoms with Crippen LogP contribution in [0.4, 0.5) is 0 Å². The van der Waals surface area contributed by atoms with Crippen molar-refractivity contribution < 1.29 is 9.53 Å². The van der Waals surface area contributed by atoms with Gasteiger partial charge in [-0.15, -0.1) is 0 Å². The quantitative estimate of drug-likeness (QED) is 0.712. The second kappa shape index (κ2) is 6.04. The molecule has 16 heavy (non-hydrogen) atoms. The Hall–Kier alpha value is -1.66. The molecule has 0 fully saturated rings. The molecule has 0 aromatic heterocycles. The molecule has 0 heterocycles. The molecule has 0 amide bonds. The standard InChI is InChI=1S/C13H15NO2/c1-10(8-14)7-13(15)12-6-4-3-5-11(12)9-16-2/h3-6,10H,7,9H2,1-2H3. The zero-order valence-corrected chi connectivity index (χ0v) is 9.56. The molecule has 84 valence electrons. The van der Waals surface area contributed by atoms with E-state index in [1.165, 1.54) is 0 Å². The molecule has 0 saturated heterocycles. The van der Waals surface area contributed by atoms with Gasteiger partial charge in [0.2, 0.25) is 0 Å². The number of benzene rings is 1. The average Bonchev–Trinajstić information content (AvgIpc) is 2.30. The van der Waals surface area contributed by atoms with Crippen molar-refractivity contribution in [1.29, 1.82) is 5.26 Å². The first-order chi connectivity index (χ1) is 7.69. The maximum atomic E-state index is 11.9. The van der Waals surface area contributed by atoms with E-state index in [2.05, 4.69) is 6.07 Å². The highest BCUT2D eigenvalue weighted by Gasteiger charge is 2.13. The molecule has 0 aliphatic heterocycles. The van der Waals surface area contributed by atoms with Crippen molar-refractivity contribution in [3.63, 3.8) is 0 Å². The van der Waals surface area contributed by atoms with Crippen LogP contribution < -0.4 is 0 Å². The number of nitriles is 1. The third-order valence-electron chi connectivity index (χ3n) is 2.33. The van der Waals surface area contributed by atoms with Crippen LogP contribution in [0.25, 0.3) is 0 Å². The Morgan fingerprint density at radius 3 is 2.81 bits per heavy atom. The van der Waals surface area contributed by atoms with Crippen LogP contribution in [-0.4, -0.2) is 12.9 Å². The highest BCUT2D eigenvalue weighted by atomic mass is 16.5. The first-order valence-corrected chi connectivity index (χ1v) is 5.18. The number of carbonyl (C=O) groups is 1. The van der Waals surface area contributed by atoms with Gasteiger partial charge in [-0.1, -0.05) is 24.3 Å². The third kappa shape index (κ3) is 3.18. The van der Waals surface area contributed by atoms with E-state index < -0.39 is 0 Å². The maximum Gasteiger partial charge on any atom is 0.164 e. The van der Waals surface area contributed by atoms with E-state index in [1.54, 1.807) is 20.1 Å². The fraction of sp³-hybridized carbons (Fsp3) is 0.385. The van der Waals surface area contributed by atoms with E-state index in [4.69, 9.17) is 10.00 Å². The number of Topliss-reactive ketones (excluding diaryl/α,β-unsaturated/α-hetero) is 1. The number of ketones is 1. The minimum atomic E-state index is -0.247. The Morgan fingerprint density at radius 1 is 1.50 bits per heavy atom. The summed E-state index contributed by atoms with van der Waals surface area (Å²) in [5.74, 6) is -0.246. The van der Waals surface area contributed by atoms with Crippen molar-refractivity contribution in [1.82, 2.24) is 0 Å². The summed E-state index contributed by atoms with van der Waals surface area (Å²) in [5.41, 5.74) is 1.53. The van der Waals surface area contributed by atoms with E-state index in [-0.39, 0.29) is 18.1 Å². The Morgan fingerprint density at radius 2 is 2.19 bits per heavy atom. The molecule has 0 radical (unpaired) electrons. The third-order valence-corrected chi connectivity index (χ3v) is 2.33. The number of methoxy groups -OCH3 is 1. The van der Waals surface area contributed by atoms with E-state index >= 15 is 0 Å². The van der Waals surface area contributed by atoms with Crippen LogP contribution in [0.5, 0.6) is 0 Å². The Kier molecular flexibility index (Phi) is 4.68. The molecule has 1 rings (SSSR count). The summed E-state index contributed by atoms with van der Waals surface area (Å²) in [5, 5.41) is 8.68. The number of hydrogen-bond acceptors (Lipinski definition) is 3. The Bertz CT molecular complexity index is 407.